The number of aromatic nitrogens is 2. The summed E-state index contributed by atoms with van der Waals surface area (Å²) in [4.78, 5) is 2.05. The van der Waals surface area contributed by atoms with Gasteiger partial charge in [0.15, 0.2) is 11.5 Å². The minimum Gasteiger partial charge on any atom is -0.348 e. The lowest BCUT2D eigenvalue weighted by atomic mass is 10.2. The Morgan fingerprint density at radius 1 is 1.20 bits per heavy atom. The lowest BCUT2D eigenvalue weighted by molar-refractivity contribution is 0.602. The molecule has 0 aliphatic heterocycles. The number of rotatable bonds is 4. The van der Waals surface area contributed by atoms with Crippen molar-refractivity contribution in [2.24, 2.45) is 0 Å². The van der Waals surface area contributed by atoms with Gasteiger partial charge in [-0.15, -0.1) is 10.2 Å². The molecule has 0 radical (unpaired) electrons. The first kappa shape index (κ1) is 12.5. The molecule has 1 heterocycles. The van der Waals surface area contributed by atoms with E-state index in [2.05, 4.69) is 10.2 Å². The Labute approximate surface area is 116 Å². The summed E-state index contributed by atoms with van der Waals surface area (Å²) >= 11 is 0. The van der Waals surface area contributed by atoms with Crippen LogP contribution in [0.4, 0.5) is 10.2 Å². The van der Waals surface area contributed by atoms with E-state index in [9.17, 15) is 4.39 Å². The van der Waals surface area contributed by atoms with Crippen molar-refractivity contribution in [1.29, 1.82) is 5.26 Å². The smallest absolute Gasteiger partial charge is 0.163 e. The fourth-order valence-electron chi connectivity index (χ4n) is 2.13. The molecule has 2 aromatic rings. The highest BCUT2D eigenvalue weighted by molar-refractivity contribution is 5.43. The molecule has 3 rings (SSSR count). The zero-order valence-corrected chi connectivity index (χ0v) is 10.8. The molecule has 0 spiro atoms. The molecule has 4 nitrogen and oxygen atoms in total. The molecule has 0 atom stereocenters. The molecule has 1 saturated carbocycles. The van der Waals surface area contributed by atoms with Gasteiger partial charge in [-0.05, 0) is 31.0 Å². The first-order valence-electron chi connectivity index (χ1n) is 6.52. The van der Waals surface area contributed by atoms with Gasteiger partial charge in [0, 0.05) is 18.2 Å². The van der Waals surface area contributed by atoms with Gasteiger partial charge in [-0.3, -0.25) is 0 Å². The average Bonchev–Trinajstić information content (AvgIpc) is 3.31. The van der Waals surface area contributed by atoms with Crippen LogP contribution in [-0.2, 0) is 6.54 Å². The van der Waals surface area contributed by atoms with E-state index in [1.165, 1.54) is 6.07 Å². The number of hydrogen-bond acceptors (Lipinski definition) is 4. The summed E-state index contributed by atoms with van der Waals surface area (Å²) in [6.07, 6.45) is 2.16. The average molecular weight is 268 g/mol. The number of halogens is 1. The molecule has 1 aromatic heterocycles. The minimum atomic E-state index is -0.209. The molecule has 20 heavy (non-hydrogen) atoms. The summed E-state index contributed by atoms with van der Waals surface area (Å²) in [5.74, 6) is 0.481. The summed E-state index contributed by atoms with van der Waals surface area (Å²) in [6.45, 7) is 0.470. The zero-order valence-electron chi connectivity index (χ0n) is 10.8. The summed E-state index contributed by atoms with van der Waals surface area (Å²) in [6, 6.07) is 12.5. The molecule has 1 aromatic carbocycles. The zero-order chi connectivity index (χ0) is 13.9. The van der Waals surface area contributed by atoms with Gasteiger partial charge < -0.3 is 4.90 Å². The molecular formula is C15H13FN4. The Morgan fingerprint density at radius 3 is 2.60 bits per heavy atom. The minimum absolute atomic E-state index is 0.209. The third-order valence-corrected chi connectivity index (χ3v) is 3.35. The van der Waals surface area contributed by atoms with E-state index in [1.807, 2.05) is 17.0 Å². The van der Waals surface area contributed by atoms with Gasteiger partial charge in [0.1, 0.15) is 11.9 Å². The van der Waals surface area contributed by atoms with Crippen LogP contribution in [0.3, 0.4) is 0 Å². The van der Waals surface area contributed by atoms with Crippen LogP contribution in [-0.4, -0.2) is 16.2 Å². The predicted molar refractivity (Wildman–Crippen MR) is 72.4 cm³/mol. The van der Waals surface area contributed by atoms with Gasteiger partial charge in [0.25, 0.3) is 0 Å². The van der Waals surface area contributed by atoms with Crippen molar-refractivity contribution >= 4 is 5.82 Å². The first-order chi connectivity index (χ1) is 9.78. The van der Waals surface area contributed by atoms with Crippen molar-refractivity contribution in [1.82, 2.24) is 10.2 Å². The lowest BCUT2D eigenvalue weighted by Gasteiger charge is -2.23. The van der Waals surface area contributed by atoms with E-state index in [1.54, 1.807) is 24.3 Å². The Hall–Kier alpha value is -2.48. The Bertz CT molecular complexity index is 644. The summed E-state index contributed by atoms with van der Waals surface area (Å²) < 4.78 is 13.8. The molecular weight excluding hydrogens is 255 g/mol. The van der Waals surface area contributed by atoms with Gasteiger partial charge in [0.2, 0.25) is 0 Å². The van der Waals surface area contributed by atoms with Gasteiger partial charge in [0.05, 0.1) is 0 Å². The van der Waals surface area contributed by atoms with Crippen molar-refractivity contribution in [3.05, 3.63) is 53.5 Å². The molecule has 0 unspecified atom stereocenters. The maximum atomic E-state index is 13.8. The SMILES string of the molecule is N#Cc1ccc(N(Cc2ccccc2F)C2CC2)nn1. The lowest BCUT2D eigenvalue weighted by Crippen LogP contribution is -2.26. The van der Waals surface area contributed by atoms with Gasteiger partial charge in [-0.2, -0.15) is 5.26 Å². The van der Waals surface area contributed by atoms with Crippen molar-refractivity contribution in [2.45, 2.75) is 25.4 Å². The van der Waals surface area contributed by atoms with Gasteiger partial charge in [-0.1, -0.05) is 18.2 Å². The quantitative estimate of drug-likeness (QED) is 0.855. The number of nitrogens with zero attached hydrogens (tertiary/aromatic N) is 4. The van der Waals surface area contributed by atoms with E-state index >= 15 is 0 Å². The molecule has 0 N–H and O–H groups in total. The van der Waals surface area contributed by atoms with Gasteiger partial charge >= 0.3 is 0 Å². The van der Waals surface area contributed by atoms with Crippen LogP contribution in [0.5, 0.6) is 0 Å². The van der Waals surface area contributed by atoms with Crippen LogP contribution in [0, 0.1) is 17.1 Å². The van der Waals surface area contributed by atoms with Gasteiger partial charge in [-0.25, -0.2) is 4.39 Å². The standard InChI is InChI=1S/C15H13FN4/c16-14-4-2-1-3-11(14)10-20(13-6-7-13)15-8-5-12(9-17)18-19-15/h1-5,8,13H,6-7,10H2. The van der Waals surface area contributed by atoms with Crippen LogP contribution >= 0.6 is 0 Å². The monoisotopic (exact) mass is 268 g/mol. The predicted octanol–water partition coefficient (Wildman–Crippen LogP) is 2.66. The molecule has 0 bridgehead atoms. The third kappa shape index (κ3) is 2.59. The van der Waals surface area contributed by atoms with E-state index < -0.39 is 0 Å². The summed E-state index contributed by atoms with van der Waals surface area (Å²) in [5.41, 5.74) is 0.931. The van der Waals surface area contributed by atoms with Crippen molar-refractivity contribution in [3.8, 4) is 6.07 Å². The normalized spacial score (nSPS) is 13.8. The maximum Gasteiger partial charge on any atom is 0.163 e. The first-order valence-corrected chi connectivity index (χ1v) is 6.52. The third-order valence-electron chi connectivity index (χ3n) is 3.35. The number of hydrogen-bond donors (Lipinski definition) is 0. The van der Waals surface area contributed by atoms with E-state index in [4.69, 9.17) is 5.26 Å². The van der Waals surface area contributed by atoms with Crippen molar-refractivity contribution in [2.75, 3.05) is 4.90 Å². The van der Waals surface area contributed by atoms with Crippen LogP contribution in [0.2, 0.25) is 0 Å². The summed E-state index contributed by atoms with van der Waals surface area (Å²) in [5, 5.41) is 16.7. The molecule has 1 aliphatic carbocycles. The highest BCUT2D eigenvalue weighted by Gasteiger charge is 2.30. The maximum absolute atomic E-state index is 13.8. The fraction of sp³-hybridized carbons (Fsp3) is 0.267. The topological polar surface area (TPSA) is 52.8 Å². The van der Waals surface area contributed by atoms with Crippen LogP contribution < -0.4 is 4.90 Å². The Kier molecular flexibility index (Phi) is 3.30. The Balaban J connectivity index is 1.86. The number of nitriles is 1. The summed E-state index contributed by atoms with van der Waals surface area (Å²) in [7, 11) is 0. The van der Waals surface area contributed by atoms with Crippen LogP contribution in [0.1, 0.15) is 24.1 Å². The molecule has 0 saturated heterocycles. The second kappa shape index (κ2) is 5.25. The molecule has 1 fully saturated rings. The van der Waals surface area contributed by atoms with E-state index in [-0.39, 0.29) is 11.5 Å². The Morgan fingerprint density at radius 2 is 2.00 bits per heavy atom. The molecule has 0 amide bonds. The second-order valence-electron chi connectivity index (χ2n) is 4.84. The molecule has 1 aliphatic rings. The van der Waals surface area contributed by atoms with Crippen molar-refractivity contribution in [3.63, 3.8) is 0 Å². The molecule has 100 valence electrons. The van der Waals surface area contributed by atoms with E-state index in [0.717, 1.165) is 12.8 Å². The highest BCUT2D eigenvalue weighted by Crippen LogP contribution is 2.32. The largest absolute Gasteiger partial charge is 0.348 e. The van der Waals surface area contributed by atoms with Crippen LogP contribution in [0.25, 0.3) is 0 Å². The fourth-order valence-corrected chi connectivity index (χ4v) is 2.13. The second-order valence-corrected chi connectivity index (χ2v) is 4.84. The number of benzene rings is 1. The van der Waals surface area contributed by atoms with E-state index in [0.29, 0.717) is 24.0 Å². The van der Waals surface area contributed by atoms with Crippen molar-refractivity contribution < 1.29 is 4.39 Å². The number of anilines is 1. The highest BCUT2D eigenvalue weighted by atomic mass is 19.1. The van der Waals surface area contributed by atoms with Crippen LogP contribution in [0.15, 0.2) is 36.4 Å². The molecule has 5 heteroatoms.